The Labute approximate surface area is 117 Å². The summed E-state index contributed by atoms with van der Waals surface area (Å²) in [6.45, 7) is 6.43. The van der Waals surface area contributed by atoms with E-state index in [0.29, 0.717) is 12.1 Å². The standard InChI is InChI=1S/C13H17ClN2O3/c1-4-7-15(9(2)3)13(17)10-5-6-11(14)12(8-10)16(18)19/h5-6,8-9H,4,7H2,1-3H3. The van der Waals surface area contributed by atoms with E-state index in [9.17, 15) is 14.9 Å². The smallest absolute Gasteiger partial charge is 0.288 e. The van der Waals surface area contributed by atoms with E-state index in [1.807, 2.05) is 20.8 Å². The summed E-state index contributed by atoms with van der Waals surface area (Å²) in [5.41, 5.74) is 0.0472. The molecule has 0 spiro atoms. The Bertz CT molecular complexity index is 489. The van der Waals surface area contributed by atoms with Crippen LogP contribution in [0.15, 0.2) is 18.2 Å². The largest absolute Gasteiger partial charge is 0.336 e. The van der Waals surface area contributed by atoms with Crippen molar-refractivity contribution in [1.82, 2.24) is 4.90 Å². The molecule has 0 saturated carbocycles. The van der Waals surface area contributed by atoms with Crippen LogP contribution in [-0.4, -0.2) is 28.3 Å². The van der Waals surface area contributed by atoms with Crippen LogP contribution in [-0.2, 0) is 0 Å². The number of nitro groups is 1. The summed E-state index contributed by atoms with van der Waals surface area (Å²) in [4.78, 5) is 24.2. The predicted octanol–water partition coefficient (Wildman–Crippen LogP) is 3.51. The molecule has 5 nitrogen and oxygen atoms in total. The minimum absolute atomic E-state index is 0.0353. The third kappa shape index (κ3) is 3.67. The van der Waals surface area contributed by atoms with Crippen LogP contribution in [0, 0.1) is 10.1 Å². The first-order valence-electron chi connectivity index (χ1n) is 6.13. The van der Waals surface area contributed by atoms with E-state index in [-0.39, 0.29) is 22.7 Å². The van der Waals surface area contributed by atoms with Crippen molar-refractivity contribution in [2.24, 2.45) is 0 Å². The molecule has 1 aromatic rings. The first kappa shape index (κ1) is 15.4. The van der Waals surface area contributed by atoms with Crippen molar-refractivity contribution in [2.45, 2.75) is 33.2 Å². The Morgan fingerprint density at radius 1 is 1.47 bits per heavy atom. The molecule has 0 aliphatic rings. The third-order valence-electron chi connectivity index (χ3n) is 2.74. The number of carbonyl (C=O) groups is 1. The van der Waals surface area contributed by atoms with Crippen LogP contribution in [0.5, 0.6) is 0 Å². The van der Waals surface area contributed by atoms with Gasteiger partial charge >= 0.3 is 0 Å². The molecule has 0 aromatic heterocycles. The highest BCUT2D eigenvalue weighted by Crippen LogP contribution is 2.26. The lowest BCUT2D eigenvalue weighted by molar-refractivity contribution is -0.384. The van der Waals surface area contributed by atoms with Gasteiger partial charge in [0.15, 0.2) is 0 Å². The van der Waals surface area contributed by atoms with Gasteiger partial charge < -0.3 is 4.90 Å². The molecule has 0 fully saturated rings. The van der Waals surface area contributed by atoms with Crippen molar-refractivity contribution in [3.05, 3.63) is 38.9 Å². The van der Waals surface area contributed by atoms with E-state index >= 15 is 0 Å². The first-order chi connectivity index (χ1) is 8.88. The van der Waals surface area contributed by atoms with Gasteiger partial charge in [-0.25, -0.2) is 0 Å². The van der Waals surface area contributed by atoms with E-state index in [0.717, 1.165) is 6.42 Å². The molecule has 0 unspecified atom stereocenters. The van der Waals surface area contributed by atoms with Gasteiger partial charge in [0, 0.05) is 24.2 Å². The summed E-state index contributed by atoms with van der Waals surface area (Å²) in [5, 5.41) is 10.9. The Morgan fingerprint density at radius 3 is 2.58 bits per heavy atom. The Kier molecular flexibility index (Phi) is 5.30. The third-order valence-corrected chi connectivity index (χ3v) is 3.06. The molecule has 1 amide bonds. The molecule has 0 saturated heterocycles. The Morgan fingerprint density at radius 2 is 2.11 bits per heavy atom. The van der Waals surface area contributed by atoms with Crippen molar-refractivity contribution in [3.8, 4) is 0 Å². The SMILES string of the molecule is CCCN(C(=O)c1ccc(Cl)c([N+](=O)[O-])c1)C(C)C. The molecule has 1 aromatic carbocycles. The molecular weight excluding hydrogens is 268 g/mol. The number of nitrogens with zero attached hydrogens (tertiary/aromatic N) is 2. The maximum absolute atomic E-state index is 12.3. The van der Waals surface area contributed by atoms with Gasteiger partial charge in [-0.2, -0.15) is 0 Å². The van der Waals surface area contributed by atoms with Crippen LogP contribution in [0.3, 0.4) is 0 Å². The van der Waals surface area contributed by atoms with Crippen LogP contribution >= 0.6 is 11.6 Å². The van der Waals surface area contributed by atoms with Crippen molar-refractivity contribution < 1.29 is 9.72 Å². The fourth-order valence-electron chi connectivity index (χ4n) is 1.79. The van der Waals surface area contributed by atoms with Crippen molar-refractivity contribution in [2.75, 3.05) is 6.54 Å². The molecule has 0 aliphatic heterocycles. The number of nitro benzene ring substituents is 1. The van der Waals surface area contributed by atoms with Gasteiger partial charge in [-0.05, 0) is 32.4 Å². The van der Waals surface area contributed by atoms with Gasteiger partial charge in [-0.1, -0.05) is 18.5 Å². The number of halogens is 1. The molecular formula is C13H17ClN2O3. The number of benzene rings is 1. The van der Waals surface area contributed by atoms with E-state index in [4.69, 9.17) is 11.6 Å². The fraction of sp³-hybridized carbons (Fsp3) is 0.462. The van der Waals surface area contributed by atoms with Crippen LogP contribution in [0.2, 0.25) is 5.02 Å². The van der Waals surface area contributed by atoms with Gasteiger partial charge in [0.05, 0.1) is 4.92 Å². The number of carbonyl (C=O) groups excluding carboxylic acids is 1. The van der Waals surface area contributed by atoms with Crippen molar-refractivity contribution >= 4 is 23.2 Å². The Balaban J connectivity index is 3.11. The normalized spacial score (nSPS) is 10.6. The molecule has 0 heterocycles. The van der Waals surface area contributed by atoms with E-state index in [1.165, 1.54) is 18.2 Å². The van der Waals surface area contributed by atoms with Crippen LogP contribution in [0.4, 0.5) is 5.69 Å². The molecule has 0 aliphatic carbocycles. The zero-order chi connectivity index (χ0) is 14.6. The second-order valence-corrected chi connectivity index (χ2v) is 4.92. The zero-order valence-electron chi connectivity index (χ0n) is 11.2. The van der Waals surface area contributed by atoms with Crippen LogP contribution in [0.1, 0.15) is 37.6 Å². The van der Waals surface area contributed by atoms with Crippen LogP contribution < -0.4 is 0 Å². The summed E-state index contributed by atoms with van der Waals surface area (Å²) < 4.78 is 0. The number of hydrogen-bond acceptors (Lipinski definition) is 3. The number of hydrogen-bond donors (Lipinski definition) is 0. The summed E-state index contributed by atoms with van der Waals surface area (Å²) in [6.07, 6.45) is 0.833. The highest BCUT2D eigenvalue weighted by Gasteiger charge is 2.21. The second-order valence-electron chi connectivity index (χ2n) is 4.52. The minimum Gasteiger partial charge on any atom is -0.336 e. The minimum atomic E-state index is -0.585. The highest BCUT2D eigenvalue weighted by molar-refractivity contribution is 6.32. The van der Waals surface area contributed by atoms with Crippen molar-refractivity contribution in [3.63, 3.8) is 0 Å². The summed E-state index contributed by atoms with van der Waals surface area (Å²) >= 11 is 5.73. The van der Waals surface area contributed by atoms with Gasteiger partial charge in [-0.15, -0.1) is 0 Å². The van der Waals surface area contributed by atoms with Crippen LogP contribution in [0.25, 0.3) is 0 Å². The molecule has 0 N–H and O–H groups in total. The van der Waals surface area contributed by atoms with Gasteiger partial charge in [-0.3, -0.25) is 14.9 Å². The average Bonchev–Trinajstić information content (AvgIpc) is 2.35. The second kappa shape index (κ2) is 6.52. The molecule has 19 heavy (non-hydrogen) atoms. The molecule has 6 heteroatoms. The van der Waals surface area contributed by atoms with Gasteiger partial charge in [0.1, 0.15) is 5.02 Å². The molecule has 0 atom stereocenters. The highest BCUT2D eigenvalue weighted by atomic mass is 35.5. The molecule has 104 valence electrons. The Hall–Kier alpha value is -1.62. The topological polar surface area (TPSA) is 63.5 Å². The maximum Gasteiger partial charge on any atom is 0.288 e. The summed E-state index contributed by atoms with van der Waals surface area (Å²) in [5.74, 6) is -0.211. The average molecular weight is 285 g/mol. The maximum atomic E-state index is 12.3. The quantitative estimate of drug-likeness (QED) is 0.614. The predicted molar refractivity (Wildman–Crippen MR) is 74.6 cm³/mol. The lowest BCUT2D eigenvalue weighted by atomic mass is 10.1. The van der Waals surface area contributed by atoms with Crippen molar-refractivity contribution in [1.29, 1.82) is 0 Å². The van der Waals surface area contributed by atoms with E-state index in [1.54, 1.807) is 4.90 Å². The van der Waals surface area contributed by atoms with Gasteiger partial charge in [0.2, 0.25) is 0 Å². The lowest BCUT2D eigenvalue weighted by Crippen LogP contribution is -2.37. The zero-order valence-corrected chi connectivity index (χ0v) is 12.0. The molecule has 1 rings (SSSR count). The number of amides is 1. The monoisotopic (exact) mass is 284 g/mol. The van der Waals surface area contributed by atoms with E-state index in [2.05, 4.69) is 0 Å². The first-order valence-corrected chi connectivity index (χ1v) is 6.51. The number of rotatable bonds is 5. The lowest BCUT2D eigenvalue weighted by Gasteiger charge is -2.26. The summed E-state index contributed by atoms with van der Waals surface area (Å²) in [7, 11) is 0. The molecule has 0 bridgehead atoms. The summed E-state index contributed by atoms with van der Waals surface area (Å²) in [6, 6.07) is 4.18. The molecule has 0 radical (unpaired) electrons. The fourth-order valence-corrected chi connectivity index (χ4v) is 1.97. The van der Waals surface area contributed by atoms with Gasteiger partial charge in [0.25, 0.3) is 11.6 Å². The van der Waals surface area contributed by atoms with E-state index < -0.39 is 4.92 Å².